The summed E-state index contributed by atoms with van der Waals surface area (Å²) in [6.45, 7) is 3.69. The summed E-state index contributed by atoms with van der Waals surface area (Å²) < 4.78 is 11.3. The van der Waals surface area contributed by atoms with Crippen molar-refractivity contribution in [1.82, 2.24) is 10.2 Å². The summed E-state index contributed by atoms with van der Waals surface area (Å²) >= 11 is 3.42. The number of rotatable bonds is 3. The lowest BCUT2D eigenvalue weighted by Gasteiger charge is -2.19. The van der Waals surface area contributed by atoms with Crippen LogP contribution in [0.3, 0.4) is 0 Å². The van der Waals surface area contributed by atoms with Gasteiger partial charge >= 0.3 is 0 Å². The largest absolute Gasteiger partial charge is 0.495 e. The minimum atomic E-state index is 0. The number of hydrogen-bond donors (Lipinski definition) is 1. The second-order valence-corrected chi connectivity index (χ2v) is 6.38. The third-order valence-corrected chi connectivity index (χ3v) is 5.15. The Morgan fingerprint density at radius 2 is 1.68 bits per heavy atom. The summed E-state index contributed by atoms with van der Waals surface area (Å²) in [4.78, 5) is 14.6. The maximum Gasteiger partial charge on any atom is 0.254 e. The highest BCUT2D eigenvalue weighted by Crippen LogP contribution is 2.36. The smallest absolute Gasteiger partial charge is 0.254 e. The molecule has 5 nitrogen and oxygen atoms in total. The maximum atomic E-state index is 12.7. The van der Waals surface area contributed by atoms with Crippen LogP contribution in [0.4, 0.5) is 0 Å². The van der Waals surface area contributed by atoms with E-state index >= 15 is 0 Å². The van der Waals surface area contributed by atoms with Crippen LogP contribution in [0, 0.1) is 11.8 Å². The molecule has 0 aliphatic carbocycles. The Labute approximate surface area is 144 Å². The molecular weight excluding hydrogens is 372 g/mol. The number of fused-ring (bicyclic) bond motifs is 1. The third-order valence-electron chi connectivity index (χ3n) is 4.37. The van der Waals surface area contributed by atoms with Gasteiger partial charge in [0.15, 0.2) is 0 Å². The highest BCUT2D eigenvalue weighted by atomic mass is 79.9. The van der Waals surface area contributed by atoms with E-state index in [2.05, 4.69) is 21.2 Å². The number of halogens is 2. The molecule has 2 fully saturated rings. The standard InChI is InChI=1S/C15H19BrN2O3.ClH/c1-20-12-3-9(4-13(21-2)14(12)16)15(19)18-7-10-5-17-6-11(10)8-18;/h3-4,10-11,17H,5-8H2,1-2H3;1H/t10-,11+;. The molecule has 1 N–H and O–H groups in total. The molecule has 1 aromatic carbocycles. The van der Waals surface area contributed by atoms with Gasteiger partial charge in [-0.05, 0) is 39.9 Å². The minimum Gasteiger partial charge on any atom is -0.495 e. The molecule has 3 rings (SSSR count). The third kappa shape index (κ3) is 3.05. The summed E-state index contributed by atoms with van der Waals surface area (Å²) in [6, 6.07) is 3.53. The molecule has 2 aliphatic heterocycles. The molecule has 2 heterocycles. The number of ether oxygens (including phenoxy) is 2. The Kier molecular flexibility index (Phi) is 5.58. The van der Waals surface area contributed by atoms with Crippen LogP contribution in [0.15, 0.2) is 16.6 Å². The van der Waals surface area contributed by atoms with Gasteiger partial charge in [0, 0.05) is 31.7 Å². The van der Waals surface area contributed by atoms with Crippen LogP contribution in [0.2, 0.25) is 0 Å². The van der Waals surface area contributed by atoms with E-state index in [1.165, 1.54) is 0 Å². The molecule has 1 amide bonds. The van der Waals surface area contributed by atoms with Crippen LogP contribution in [-0.2, 0) is 0 Å². The Morgan fingerprint density at radius 3 is 2.14 bits per heavy atom. The molecule has 2 saturated heterocycles. The predicted molar refractivity (Wildman–Crippen MR) is 90.2 cm³/mol. The van der Waals surface area contributed by atoms with Gasteiger partial charge in [-0.3, -0.25) is 4.79 Å². The lowest BCUT2D eigenvalue weighted by molar-refractivity contribution is 0.0781. The van der Waals surface area contributed by atoms with Crippen molar-refractivity contribution in [2.24, 2.45) is 11.8 Å². The zero-order valence-electron chi connectivity index (χ0n) is 12.6. The molecule has 122 valence electrons. The van der Waals surface area contributed by atoms with Gasteiger partial charge in [-0.15, -0.1) is 12.4 Å². The van der Waals surface area contributed by atoms with E-state index in [0.29, 0.717) is 28.9 Å². The molecule has 2 aliphatic rings. The van der Waals surface area contributed by atoms with Crippen molar-refractivity contribution in [2.75, 3.05) is 40.4 Å². The lowest BCUT2D eigenvalue weighted by atomic mass is 10.0. The molecular formula is C15H20BrClN2O3. The number of likely N-dealkylation sites (tertiary alicyclic amines) is 1. The van der Waals surface area contributed by atoms with Gasteiger partial charge in [0.1, 0.15) is 16.0 Å². The van der Waals surface area contributed by atoms with Gasteiger partial charge in [0.2, 0.25) is 0 Å². The van der Waals surface area contributed by atoms with Crippen LogP contribution in [0.5, 0.6) is 11.5 Å². The van der Waals surface area contributed by atoms with E-state index in [-0.39, 0.29) is 18.3 Å². The quantitative estimate of drug-likeness (QED) is 0.858. The average Bonchev–Trinajstić information content (AvgIpc) is 3.08. The van der Waals surface area contributed by atoms with Crippen molar-refractivity contribution < 1.29 is 14.3 Å². The highest BCUT2D eigenvalue weighted by Gasteiger charge is 2.38. The number of hydrogen-bond acceptors (Lipinski definition) is 4. The van der Waals surface area contributed by atoms with Crippen LogP contribution >= 0.6 is 28.3 Å². The molecule has 22 heavy (non-hydrogen) atoms. The van der Waals surface area contributed by atoms with Crippen molar-refractivity contribution in [1.29, 1.82) is 0 Å². The molecule has 0 saturated carbocycles. The van der Waals surface area contributed by atoms with Crippen molar-refractivity contribution in [3.05, 3.63) is 22.2 Å². The number of carbonyl (C=O) groups excluding carboxylic acids is 1. The monoisotopic (exact) mass is 390 g/mol. The first-order valence-electron chi connectivity index (χ1n) is 7.05. The second-order valence-electron chi connectivity index (χ2n) is 5.58. The fraction of sp³-hybridized carbons (Fsp3) is 0.533. The summed E-state index contributed by atoms with van der Waals surface area (Å²) in [5.74, 6) is 2.45. The number of amides is 1. The van der Waals surface area contributed by atoms with Gasteiger partial charge in [0.25, 0.3) is 5.91 Å². The number of nitrogens with zero attached hydrogens (tertiary/aromatic N) is 1. The first-order chi connectivity index (χ1) is 10.1. The van der Waals surface area contributed by atoms with Crippen LogP contribution in [0.1, 0.15) is 10.4 Å². The van der Waals surface area contributed by atoms with Crippen LogP contribution in [0.25, 0.3) is 0 Å². The fourth-order valence-corrected chi connectivity index (χ4v) is 3.75. The fourth-order valence-electron chi connectivity index (χ4n) is 3.20. The van der Waals surface area contributed by atoms with Gasteiger partial charge in [0.05, 0.1) is 14.2 Å². The van der Waals surface area contributed by atoms with Crippen molar-refractivity contribution >= 4 is 34.2 Å². The Bertz CT molecular complexity index is 533. The van der Waals surface area contributed by atoms with Gasteiger partial charge in [-0.25, -0.2) is 0 Å². The van der Waals surface area contributed by atoms with Gasteiger partial charge in [-0.2, -0.15) is 0 Å². The Balaban J connectivity index is 0.00000176. The Hall–Kier alpha value is -0.980. The molecule has 2 atom stereocenters. The zero-order valence-corrected chi connectivity index (χ0v) is 15.0. The lowest BCUT2D eigenvalue weighted by Crippen LogP contribution is -2.31. The summed E-state index contributed by atoms with van der Waals surface area (Å²) in [5, 5.41) is 3.38. The van der Waals surface area contributed by atoms with Gasteiger partial charge in [-0.1, -0.05) is 0 Å². The SMILES string of the molecule is COc1cc(C(=O)N2C[C@H]3CNC[C@H]3C2)cc(OC)c1Br.Cl. The second kappa shape index (κ2) is 7.06. The van der Waals surface area contributed by atoms with Crippen molar-refractivity contribution in [3.8, 4) is 11.5 Å². The van der Waals surface area contributed by atoms with E-state index < -0.39 is 0 Å². The summed E-state index contributed by atoms with van der Waals surface area (Å²) in [7, 11) is 3.17. The first kappa shape index (κ1) is 17.4. The van der Waals surface area contributed by atoms with Crippen molar-refractivity contribution in [2.45, 2.75) is 0 Å². The number of carbonyl (C=O) groups is 1. The van der Waals surface area contributed by atoms with Crippen LogP contribution in [-0.4, -0.2) is 51.2 Å². The average molecular weight is 392 g/mol. The predicted octanol–water partition coefficient (Wildman–Crippen LogP) is 2.18. The zero-order chi connectivity index (χ0) is 15.0. The molecule has 0 bridgehead atoms. The van der Waals surface area contributed by atoms with Crippen molar-refractivity contribution in [3.63, 3.8) is 0 Å². The first-order valence-corrected chi connectivity index (χ1v) is 7.85. The van der Waals surface area contributed by atoms with E-state index in [9.17, 15) is 4.79 Å². The number of nitrogens with one attached hydrogen (secondary N) is 1. The van der Waals surface area contributed by atoms with E-state index in [1.807, 2.05) is 4.90 Å². The summed E-state index contributed by atoms with van der Waals surface area (Å²) in [5.41, 5.74) is 0.611. The molecule has 0 aromatic heterocycles. The number of benzene rings is 1. The van der Waals surface area contributed by atoms with E-state index in [1.54, 1.807) is 26.4 Å². The molecule has 1 aromatic rings. The maximum absolute atomic E-state index is 12.7. The van der Waals surface area contributed by atoms with Crippen LogP contribution < -0.4 is 14.8 Å². The molecule has 7 heteroatoms. The van der Waals surface area contributed by atoms with E-state index in [0.717, 1.165) is 30.7 Å². The number of methoxy groups -OCH3 is 2. The molecule has 0 radical (unpaired) electrons. The topological polar surface area (TPSA) is 50.8 Å². The normalized spacial score (nSPS) is 23.0. The molecule has 0 unspecified atom stereocenters. The Morgan fingerprint density at radius 1 is 1.18 bits per heavy atom. The summed E-state index contributed by atoms with van der Waals surface area (Å²) in [6.07, 6.45) is 0. The van der Waals surface area contributed by atoms with E-state index in [4.69, 9.17) is 9.47 Å². The van der Waals surface area contributed by atoms with Gasteiger partial charge < -0.3 is 19.7 Å². The molecule has 0 spiro atoms. The minimum absolute atomic E-state index is 0. The highest BCUT2D eigenvalue weighted by molar-refractivity contribution is 9.10.